The molecule has 0 saturated heterocycles. The van der Waals surface area contributed by atoms with Crippen molar-refractivity contribution in [1.82, 2.24) is 10.2 Å². The normalized spacial score (nSPS) is 12.7. The van der Waals surface area contributed by atoms with Gasteiger partial charge in [-0.2, -0.15) is 5.10 Å². The quantitative estimate of drug-likeness (QED) is 0.737. The second kappa shape index (κ2) is 4.96. The largest absolute Gasteiger partial charge is 0.459 e. The predicted molar refractivity (Wildman–Crippen MR) is 78.8 cm³/mol. The number of ether oxygens (including phenoxy) is 1. The van der Waals surface area contributed by atoms with Gasteiger partial charge in [0.1, 0.15) is 0 Å². The highest BCUT2D eigenvalue weighted by atomic mass is 16.5. The zero-order chi connectivity index (χ0) is 14.1. The summed E-state index contributed by atoms with van der Waals surface area (Å²) < 4.78 is 5.35. The number of H-pyrrole nitrogens is 1. The SMILES string of the molecule is CCC(C)OC(=O)c1ccc2c(ccc3cn[nH]c32)c1. The predicted octanol–water partition coefficient (Wildman–Crippen LogP) is 3.67. The van der Waals surface area contributed by atoms with Crippen LogP contribution in [0.15, 0.2) is 36.5 Å². The molecule has 4 heteroatoms. The third-order valence-corrected chi connectivity index (χ3v) is 3.55. The van der Waals surface area contributed by atoms with E-state index in [4.69, 9.17) is 4.74 Å². The second-order valence-corrected chi connectivity index (χ2v) is 4.96. The van der Waals surface area contributed by atoms with E-state index in [2.05, 4.69) is 10.2 Å². The molecule has 0 aliphatic rings. The van der Waals surface area contributed by atoms with Gasteiger partial charge in [0, 0.05) is 10.8 Å². The van der Waals surface area contributed by atoms with Crippen molar-refractivity contribution >= 4 is 27.6 Å². The molecule has 0 amide bonds. The van der Waals surface area contributed by atoms with Gasteiger partial charge in [0.25, 0.3) is 0 Å². The van der Waals surface area contributed by atoms with Crippen LogP contribution in [0.2, 0.25) is 0 Å². The van der Waals surface area contributed by atoms with Gasteiger partial charge in [0.2, 0.25) is 0 Å². The molecule has 0 spiro atoms. The number of benzene rings is 2. The summed E-state index contributed by atoms with van der Waals surface area (Å²) in [4.78, 5) is 12.0. The molecule has 0 saturated carbocycles. The van der Waals surface area contributed by atoms with Crippen LogP contribution in [0.3, 0.4) is 0 Å². The van der Waals surface area contributed by atoms with Crippen molar-refractivity contribution in [2.45, 2.75) is 26.4 Å². The highest BCUT2D eigenvalue weighted by Gasteiger charge is 2.12. The molecule has 0 aliphatic carbocycles. The Kier molecular flexibility index (Phi) is 3.14. The van der Waals surface area contributed by atoms with E-state index in [1.165, 1.54) is 0 Å². The minimum absolute atomic E-state index is 0.0618. The number of fused-ring (bicyclic) bond motifs is 3. The number of carbonyl (C=O) groups excluding carboxylic acids is 1. The molecule has 1 N–H and O–H groups in total. The first kappa shape index (κ1) is 12.7. The third kappa shape index (κ3) is 2.13. The Labute approximate surface area is 116 Å². The molecule has 20 heavy (non-hydrogen) atoms. The van der Waals surface area contributed by atoms with Crippen LogP contribution in [0.1, 0.15) is 30.6 Å². The average molecular weight is 268 g/mol. The number of esters is 1. The van der Waals surface area contributed by atoms with E-state index >= 15 is 0 Å². The summed E-state index contributed by atoms with van der Waals surface area (Å²) in [5, 5.41) is 10.1. The van der Waals surface area contributed by atoms with Gasteiger partial charge in [-0.25, -0.2) is 4.79 Å². The molecule has 0 aliphatic heterocycles. The standard InChI is InChI=1S/C16H16N2O2/c1-3-10(2)20-16(19)12-6-7-14-11(8-12)4-5-13-9-17-18-15(13)14/h4-10H,3H2,1-2H3,(H,17,18). The number of hydrogen-bond acceptors (Lipinski definition) is 3. The van der Waals surface area contributed by atoms with Crippen LogP contribution in [0.5, 0.6) is 0 Å². The molecule has 1 aromatic heterocycles. The Balaban J connectivity index is 2.02. The van der Waals surface area contributed by atoms with Crippen LogP contribution in [0, 0.1) is 0 Å². The van der Waals surface area contributed by atoms with E-state index < -0.39 is 0 Å². The van der Waals surface area contributed by atoms with E-state index in [-0.39, 0.29) is 12.1 Å². The first-order chi connectivity index (χ1) is 9.69. The molecule has 4 nitrogen and oxygen atoms in total. The first-order valence-electron chi connectivity index (χ1n) is 6.76. The van der Waals surface area contributed by atoms with Crippen LogP contribution in [0.25, 0.3) is 21.7 Å². The molecule has 0 radical (unpaired) electrons. The molecule has 3 aromatic rings. The van der Waals surface area contributed by atoms with E-state index in [9.17, 15) is 4.79 Å². The Morgan fingerprint density at radius 2 is 2.10 bits per heavy atom. The molecule has 0 bridgehead atoms. The highest BCUT2D eigenvalue weighted by molar-refractivity contribution is 6.07. The fourth-order valence-corrected chi connectivity index (χ4v) is 2.21. The Hall–Kier alpha value is -2.36. The molecule has 0 fully saturated rings. The molecule has 1 heterocycles. The van der Waals surface area contributed by atoms with Crippen LogP contribution in [-0.2, 0) is 4.74 Å². The average Bonchev–Trinajstić information content (AvgIpc) is 2.95. The van der Waals surface area contributed by atoms with E-state index in [0.29, 0.717) is 5.56 Å². The van der Waals surface area contributed by atoms with Gasteiger partial charge in [-0.1, -0.05) is 25.1 Å². The van der Waals surface area contributed by atoms with Crippen molar-refractivity contribution < 1.29 is 9.53 Å². The first-order valence-corrected chi connectivity index (χ1v) is 6.76. The number of aromatic nitrogens is 2. The van der Waals surface area contributed by atoms with Crippen molar-refractivity contribution in [2.24, 2.45) is 0 Å². The van der Waals surface area contributed by atoms with Crippen LogP contribution >= 0.6 is 0 Å². The van der Waals surface area contributed by atoms with E-state index in [0.717, 1.165) is 28.1 Å². The van der Waals surface area contributed by atoms with Crippen molar-refractivity contribution in [3.63, 3.8) is 0 Å². The van der Waals surface area contributed by atoms with Gasteiger partial charge in [-0.15, -0.1) is 0 Å². The zero-order valence-corrected chi connectivity index (χ0v) is 11.5. The fourth-order valence-electron chi connectivity index (χ4n) is 2.21. The van der Waals surface area contributed by atoms with Gasteiger partial charge < -0.3 is 4.74 Å². The number of carbonyl (C=O) groups is 1. The number of nitrogens with one attached hydrogen (secondary N) is 1. The monoisotopic (exact) mass is 268 g/mol. The summed E-state index contributed by atoms with van der Waals surface area (Å²) in [5.74, 6) is -0.272. The zero-order valence-electron chi connectivity index (χ0n) is 11.5. The molecule has 2 aromatic carbocycles. The lowest BCUT2D eigenvalue weighted by atomic mass is 10.0. The number of rotatable bonds is 3. The highest BCUT2D eigenvalue weighted by Crippen LogP contribution is 2.24. The number of aromatic amines is 1. The van der Waals surface area contributed by atoms with Crippen molar-refractivity contribution in [3.05, 3.63) is 42.1 Å². The smallest absolute Gasteiger partial charge is 0.338 e. The minimum atomic E-state index is -0.272. The van der Waals surface area contributed by atoms with Crippen LogP contribution < -0.4 is 0 Å². The molecule has 3 rings (SSSR count). The maximum atomic E-state index is 12.0. The van der Waals surface area contributed by atoms with E-state index in [1.807, 2.05) is 38.1 Å². The van der Waals surface area contributed by atoms with Crippen molar-refractivity contribution in [3.8, 4) is 0 Å². The minimum Gasteiger partial charge on any atom is -0.459 e. The number of nitrogens with zero attached hydrogens (tertiary/aromatic N) is 1. The lowest BCUT2D eigenvalue weighted by Crippen LogP contribution is -2.13. The van der Waals surface area contributed by atoms with E-state index in [1.54, 1.807) is 12.3 Å². The number of hydrogen-bond donors (Lipinski definition) is 1. The molecular formula is C16H16N2O2. The molecule has 1 atom stereocenters. The summed E-state index contributed by atoms with van der Waals surface area (Å²) in [6.45, 7) is 3.89. The maximum absolute atomic E-state index is 12.0. The lowest BCUT2D eigenvalue weighted by molar-refractivity contribution is 0.0334. The molecule has 102 valence electrons. The third-order valence-electron chi connectivity index (χ3n) is 3.55. The van der Waals surface area contributed by atoms with Gasteiger partial charge in [-0.05, 0) is 30.9 Å². The Bertz CT molecular complexity index is 776. The van der Waals surface area contributed by atoms with Gasteiger partial charge >= 0.3 is 5.97 Å². The van der Waals surface area contributed by atoms with Gasteiger partial charge in [-0.3, -0.25) is 5.10 Å². The fraction of sp³-hybridized carbons (Fsp3) is 0.250. The summed E-state index contributed by atoms with van der Waals surface area (Å²) in [6.07, 6.45) is 2.54. The van der Waals surface area contributed by atoms with Crippen molar-refractivity contribution in [1.29, 1.82) is 0 Å². The topological polar surface area (TPSA) is 55.0 Å². The van der Waals surface area contributed by atoms with Gasteiger partial charge in [0.05, 0.1) is 23.4 Å². The Morgan fingerprint density at radius 1 is 1.30 bits per heavy atom. The summed E-state index contributed by atoms with van der Waals surface area (Å²) in [7, 11) is 0. The molecular weight excluding hydrogens is 252 g/mol. The summed E-state index contributed by atoms with van der Waals surface area (Å²) in [5.41, 5.74) is 1.57. The maximum Gasteiger partial charge on any atom is 0.338 e. The summed E-state index contributed by atoms with van der Waals surface area (Å²) in [6, 6.07) is 9.58. The lowest BCUT2D eigenvalue weighted by Gasteiger charge is -2.11. The van der Waals surface area contributed by atoms with Crippen LogP contribution in [-0.4, -0.2) is 22.3 Å². The summed E-state index contributed by atoms with van der Waals surface area (Å²) >= 11 is 0. The van der Waals surface area contributed by atoms with Crippen LogP contribution in [0.4, 0.5) is 0 Å². The second-order valence-electron chi connectivity index (χ2n) is 4.96. The van der Waals surface area contributed by atoms with Crippen molar-refractivity contribution in [2.75, 3.05) is 0 Å². The van der Waals surface area contributed by atoms with Gasteiger partial charge in [0.15, 0.2) is 0 Å². The molecule has 1 unspecified atom stereocenters. The Morgan fingerprint density at radius 3 is 2.90 bits per heavy atom.